The Hall–Kier alpha value is -3.43. The van der Waals surface area contributed by atoms with Gasteiger partial charge in [-0.2, -0.15) is 0 Å². The van der Waals surface area contributed by atoms with E-state index >= 15 is 0 Å². The van der Waals surface area contributed by atoms with Gasteiger partial charge in [-0.3, -0.25) is 9.78 Å². The highest BCUT2D eigenvalue weighted by atomic mass is 32.1. The van der Waals surface area contributed by atoms with Gasteiger partial charge in [0.05, 0.1) is 11.4 Å². The van der Waals surface area contributed by atoms with Crippen molar-refractivity contribution in [3.05, 3.63) is 76.2 Å². The van der Waals surface area contributed by atoms with Crippen molar-refractivity contribution in [3.63, 3.8) is 0 Å². The molecule has 9 heteroatoms. The summed E-state index contributed by atoms with van der Waals surface area (Å²) < 4.78 is 0. The Morgan fingerprint density at radius 3 is 2.55 bits per heavy atom. The number of rotatable bonds is 10. The molecule has 0 fully saturated rings. The van der Waals surface area contributed by atoms with Gasteiger partial charge in [-0.15, -0.1) is 11.3 Å². The van der Waals surface area contributed by atoms with E-state index in [2.05, 4.69) is 21.7 Å². The molecular weight excluding hydrogens is 436 g/mol. The minimum atomic E-state index is -0.338. The van der Waals surface area contributed by atoms with E-state index in [1.165, 1.54) is 4.88 Å². The minimum Gasteiger partial charge on any atom is -0.397 e. The standard InChI is InChI=1S/C24H30N6O2S/c1-29(2)13-14-30(24(32)26-12-11-19-6-5-15-33-19)17-18-9-10-22(27-16-18)23(31)28-21-8-4-3-7-20(21)25/h3-10,15-16H,11-14,17,25H2,1-2H3,(H,26,32)(H,28,31). The average Bonchev–Trinajstić information content (AvgIpc) is 3.32. The first-order valence-corrected chi connectivity index (χ1v) is 11.6. The summed E-state index contributed by atoms with van der Waals surface area (Å²) in [5.41, 5.74) is 8.04. The number of para-hydroxylation sites is 2. The summed E-state index contributed by atoms with van der Waals surface area (Å²) in [6, 6.07) is 14.5. The van der Waals surface area contributed by atoms with Crippen molar-refractivity contribution in [1.82, 2.24) is 20.1 Å². The van der Waals surface area contributed by atoms with E-state index in [0.717, 1.165) is 18.5 Å². The number of nitrogens with zero attached hydrogens (tertiary/aromatic N) is 3. The Morgan fingerprint density at radius 1 is 1.06 bits per heavy atom. The number of urea groups is 1. The Balaban J connectivity index is 1.59. The number of nitrogens with one attached hydrogen (secondary N) is 2. The Labute approximate surface area is 198 Å². The molecule has 0 aliphatic heterocycles. The molecule has 0 saturated carbocycles. The van der Waals surface area contributed by atoms with E-state index in [4.69, 9.17) is 5.73 Å². The van der Waals surface area contributed by atoms with Crippen LogP contribution in [0.5, 0.6) is 0 Å². The van der Waals surface area contributed by atoms with Crippen LogP contribution in [0, 0.1) is 0 Å². The summed E-state index contributed by atoms with van der Waals surface area (Å²) in [6.45, 7) is 2.30. The van der Waals surface area contributed by atoms with Crippen LogP contribution in [0.1, 0.15) is 20.9 Å². The van der Waals surface area contributed by atoms with Crippen molar-refractivity contribution in [2.75, 3.05) is 44.8 Å². The van der Waals surface area contributed by atoms with Gasteiger partial charge < -0.3 is 26.2 Å². The van der Waals surface area contributed by atoms with Crippen molar-refractivity contribution in [2.45, 2.75) is 13.0 Å². The highest BCUT2D eigenvalue weighted by molar-refractivity contribution is 7.09. The lowest BCUT2D eigenvalue weighted by molar-refractivity contribution is 0.102. The molecule has 1 aromatic carbocycles. The number of carbonyl (C=O) groups excluding carboxylic acids is 2. The van der Waals surface area contributed by atoms with Gasteiger partial charge in [0.1, 0.15) is 5.69 Å². The first kappa shape index (κ1) is 24.2. The molecule has 0 radical (unpaired) electrons. The zero-order chi connectivity index (χ0) is 23.6. The van der Waals surface area contributed by atoms with E-state index in [0.29, 0.717) is 31.0 Å². The SMILES string of the molecule is CN(C)CCN(Cc1ccc(C(=O)Nc2ccccc2N)nc1)C(=O)NCCc1cccs1. The zero-order valence-electron chi connectivity index (χ0n) is 19.0. The fourth-order valence-corrected chi connectivity index (χ4v) is 3.81. The first-order chi connectivity index (χ1) is 15.9. The van der Waals surface area contributed by atoms with Crippen LogP contribution in [0.2, 0.25) is 0 Å². The van der Waals surface area contributed by atoms with Crippen LogP contribution in [0.3, 0.4) is 0 Å². The van der Waals surface area contributed by atoms with Crippen LogP contribution >= 0.6 is 11.3 Å². The summed E-state index contributed by atoms with van der Waals surface area (Å²) in [5.74, 6) is -0.338. The van der Waals surface area contributed by atoms with Gasteiger partial charge in [-0.05, 0) is 55.7 Å². The van der Waals surface area contributed by atoms with Crippen LogP contribution in [0.4, 0.5) is 16.2 Å². The summed E-state index contributed by atoms with van der Waals surface area (Å²) in [4.78, 5) is 34.6. The second-order valence-corrected chi connectivity index (χ2v) is 8.91. The minimum absolute atomic E-state index is 0.116. The maximum atomic E-state index is 12.8. The second kappa shape index (κ2) is 12.0. The molecule has 0 aliphatic rings. The smallest absolute Gasteiger partial charge is 0.317 e. The Kier molecular flexibility index (Phi) is 8.79. The van der Waals surface area contributed by atoms with Gasteiger partial charge in [-0.25, -0.2) is 4.79 Å². The second-order valence-electron chi connectivity index (χ2n) is 7.88. The van der Waals surface area contributed by atoms with Crippen molar-refractivity contribution in [1.29, 1.82) is 0 Å². The number of anilines is 2. The summed E-state index contributed by atoms with van der Waals surface area (Å²) >= 11 is 1.69. The van der Waals surface area contributed by atoms with Crippen LogP contribution in [-0.4, -0.2) is 60.5 Å². The molecule has 0 aliphatic carbocycles. The highest BCUT2D eigenvalue weighted by Crippen LogP contribution is 2.17. The number of carbonyl (C=O) groups is 2. The molecule has 3 rings (SSSR count). The third-order valence-electron chi connectivity index (χ3n) is 4.97. The number of nitrogen functional groups attached to an aromatic ring is 1. The van der Waals surface area contributed by atoms with Gasteiger partial charge in [0.15, 0.2) is 0 Å². The first-order valence-electron chi connectivity index (χ1n) is 10.7. The summed E-state index contributed by atoms with van der Waals surface area (Å²) in [7, 11) is 3.95. The Morgan fingerprint density at radius 2 is 1.88 bits per heavy atom. The number of likely N-dealkylation sites (N-methyl/N-ethyl adjacent to an activating group) is 1. The van der Waals surface area contributed by atoms with Crippen molar-refractivity contribution in [2.24, 2.45) is 0 Å². The van der Waals surface area contributed by atoms with Crippen molar-refractivity contribution >= 4 is 34.6 Å². The molecule has 2 heterocycles. The topological polar surface area (TPSA) is 104 Å². The molecular formula is C24H30N6O2S. The van der Waals surface area contributed by atoms with Gasteiger partial charge in [0.25, 0.3) is 5.91 Å². The van der Waals surface area contributed by atoms with Gasteiger partial charge in [0, 0.05) is 37.3 Å². The van der Waals surface area contributed by atoms with E-state index in [1.807, 2.05) is 36.5 Å². The molecule has 0 unspecified atom stereocenters. The summed E-state index contributed by atoms with van der Waals surface area (Å²) in [6.07, 6.45) is 2.44. The maximum absolute atomic E-state index is 12.8. The van der Waals surface area contributed by atoms with Crippen LogP contribution in [-0.2, 0) is 13.0 Å². The number of thiophene rings is 1. The molecule has 3 amide bonds. The quantitative estimate of drug-likeness (QED) is 0.398. The lowest BCUT2D eigenvalue weighted by Crippen LogP contribution is -2.43. The molecule has 4 N–H and O–H groups in total. The molecule has 2 aromatic heterocycles. The number of hydrogen-bond acceptors (Lipinski definition) is 6. The molecule has 3 aromatic rings. The fourth-order valence-electron chi connectivity index (χ4n) is 3.10. The molecule has 8 nitrogen and oxygen atoms in total. The zero-order valence-corrected chi connectivity index (χ0v) is 19.8. The lowest BCUT2D eigenvalue weighted by atomic mass is 10.2. The molecule has 0 bridgehead atoms. The number of aromatic nitrogens is 1. The normalized spacial score (nSPS) is 10.8. The monoisotopic (exact) mass is 466 g/mol. The van der Waals surface area contributed by atoms with E-state index in [9.17, 15) is 9.59 Å². The lowest BCUT2D eigenvalue weighted by Gasteiger charge is -2.25. The van der Waals surface area contributed by atoms with Crippen LogP contribution in [0.25, 0.3) is 0 Å². The van der Waals surface area contributed by atoms with E-state index in [-0.39, 0.29) is 17.6 Å². The molecule has 0 saturated heterocycles. The summed E-state index contributed by atoms with van der Waals surface area (Å²) in [5, 5.41) is 7.81. The van der Waals surface area contributed by atoms with Gasteiger partial charge in [-0.1, -0.05) is 24.3 Å². The largest absolute Gasteiger partial charge is 0.397 e. The number of nitrogens with two attached hydrogens (primary N) is 1. The third-order valence-corrected chi connectivity index (χ3v) is 5.91. The predicted molar refractivity (Wildman–Crippen MR) is 133 cm³/mol. The van der Waals surface area contributed by atoms with Gasteiger partial charge >= 0.3 is 6.03 Å². The molecule has 0 spiro atoms. The maximum Gasteiger partial charge on any atom is 0.317 e. The van der Waals surface area contributed by atoms with Crippen LogP contribution in [0.15, 0.2) is 60.1 Å². The Bertz CT molecular complexity index is 1040. The number of pyridine rings is 1. The molecule has 33 heavy (non-hydrogen) atoms. The van der Waals surface area contributed by atoms with E-state index in [1.54, 1.807) is 52.8 Å². The van der Waals surface area contributed by atoms with Crippen molar-refractivity contribution < 1.29 is 9.59 Å². The fraction of sp³-hybridized carbons (Fsp3) is 0.292. The number of hydrogen-bond donors (Lipinski definition) is 3. The average molecular weight is 467 g/mol. The van der Waals surface area contributed by atoms with Gasteiger partial charge in [0.2, 0.25) is 0 Å². The molecule has 174 valence electrons. The number of benzene rings is 1. The molecule has 0 atom stereocenters. The highest BCUT2D eigenvalue weighted by Gasteiger charge is 2.15. The third kappa shape index (κ3) is 7.58. The van der Waals surface area contributed by atoms with Crippen LogP contribution < -0.4 is 16.4 Å². The van der Waals surface area contributed by atoms with Crippen molar-refractivity contribution in [3.8, 4) is 0 Å². The van der Waals surface area contributed by atoms with E-state index < -0.39 is 0 Å². The number of amides is 3. The predicted octanol–water partition coefficient (Wildman–Crippen LogP) is 3.29.